The van der Waals surface area contributed by atoms with Crippen molar-refractivity contribution < 1.29 is 9.53 Å². The number of carbonyl (C=O) groups excluding carboxylic acids is 1. The van der Waals surface area contributed by atoms with Gasteiger partial charge in [-0.15, -0.1) is 0 Å². The molecule has 14 heavy (non-hydrogen) atoms. The van der Waals surface area contributed by atoms with Gasteiger partial charge in [-0.3, -0.25) is 4.79 Å². The molecule has 3 heteroatoms. The summed E-state index contributed by atoms with van der Waals surface area (Å²) < 4.78 is 5.29. The molecule has 0 aromatic heterocycles. The van der Waals surface area contributed by atoms with Crippen LogP contribution in [0.5, 0.6) is 0 Å². The van der Waals surface area contributed by atoms with E-state index in [4.69, 9.17) is 4.74 Å². The lowest BCUT2D eigenvalue weighted by atomic mass is 10.1. The van der Waals surface area contributed by atoms with Crippen LogP contribution >= 0.6 is 0 Å². The van der Waals surface area contributed by atoms with Crippen molar-refractivity contribution in [2.75, 3.05) is 0 Å². The zero-order valence-corrected chi connectivity index (χ0v) is 10.2. The molecule has 0 heterocycles. The molecule has 1 N–H and O–H groups in total. The lowest BCUT2D eigenvalue weighted by Crippen LogP contribution is -2.43. The van der Waals surface area contributed by atoms with Crippen LogP contribution in [0.1, 0.15) is 48.0 Å². The van der Waals surface area contributed by atoms with Crippen molar-refractivity contribution in [1.82, 2.24) is 5.32 Å². The molecule has 1 atom stereocenters. The molecule has 0 radical (unpaired) electrons. The summed E-state index contributed by atoms with van der Waals surface area (Å²) in [5.74, 6) is -0.159. The summed E-state index contributed by atoms with van der Waals surface area (Å²) in [5, 5.41) is 3.18. The smallest absolute Gasteiger partial charge is 0.323 e. The number of carbonyl (C=O) groups is 1. The molecule has 0 aliphatic carbocycles. The fourth-order valence-corrected chi connectivity index (χ4v) is 1.13. The minimum atomic E-state index is -0.400. The van der Waals surface area contributed by atoms with Crippen LogP contribution in [-0.4, -0.2) is 23.7 Å². The van der Waals surface area contributed by atoms with Crippen LogP contribution in [0.4, 0.5) is 0 Å². The van der Waals surface area contributed by atoms with Gasteiger partial charge in [-0.05, 0) is 27.2 Å². The zero-order chi connectivity index (χ0) is 11.4. The van der Waals surface area contributed by atoms with Crippen LogP contribution in [-0.2, 0) is 9.53 Å². The Bertz CT molecular complexity index is 182. The van der Waals surface area contributed by atoms with E-state index >= 15 is 0 Å². The average molecular weight is 201 g/mol. The first-order valence-corrected chi connectivity index (χ1v) is 5.25. The average Bonchev–Trinajstić information content (AvgIpc) is 1.96. The molecular weight excluding hydrogens is 178 g/mol. The minimum absolute atomic E-state index is 0.159. The molecule has 0 aliphatic rings. The van der Waals surface area contributed by atoms with Crippen molar-refractivity contribution in [3.05, 3.63) is 0 Å². The van der Waals surface area contributed by atoms with Gasteiger partial charge in [-0.1, -0.05) is 20.8 Å². The highest BCUT2D eigenvalue weighted by Gasteiger charge is 2.23. The first kappa shape index (κ1) is 13.4. The highest BCUT2D eigenvalue weighted by atomic mass is 16.6. The van der Waals surface area contributed by atoms with Crippen molar-refractivity contribution >= 4 is 5.97 Å². The number of nitrogens with one attached hydrogen (secondary N) is 1. The van der Waals surface area contributed by atoms with Gasteiger partial charge in [0.25, 0.3) is 0 Å². The Labute approximate surface area is 87.2 Å². The first-order valence-electron chi connectivity index (χ1n) is 5.25. The molecular formula is C11H23NO2. The lowest BCUT2D eigenvalue weighted by molar-refractivity contribution is -0.157. The van der Waals surface area contributed by atoms with Gasteiger partial charge < -0.3 is 10.1 Å². The van der Waals surface area contributed by atoms with Crippen LogP contribution in [0.15, 0.2) is 0 Å². The predicted octanol–water partition coefficient (Wildman–Crippen LogP) is 2.10. The molecule has 0 saturated heterocycles. The largest absolute Gasteiger partial charge is 0.459 e. The molecule has 0 rings (SSSR count). The Kier molecular flexibility index (Phi) is 5.13. The maximum Gasteiger partial charge on any atom is 0.323 e. The van der Waals surface area contributed by atoms with E-state index < -0.39 is 5.60 Å². The molecule has 0 aromatic rings. The van der Waals surface area contributed by atoms with E-state index in [2.05, 4.69) is 5.32 Å². The van der Waals surface area contributed by atoms with Crippen molar-refractivity contribution in [3.8, 4) is 0 Å². The van der Waals surface area contributed by atoms with Crippen LogP contribution < -0.4 is 5.32 Å². The topological polar surface area (TPSA) is 38.3 Å². The van der Waals surface area contributed by atoms with Crippen LogP contribution in [0, 0.1) is 0 Å². The van der Waals surface area contributed by atoms with E-state index in [1.165, 1.54) is 0 Å². The monoisotopic (exact) mass is 201 g/mol. The van der Waals surface area contributed by atoms with Gasteiger partial charge in [0.2, 0.25) is 0 Å². The summed E-state index contributed by atoms with van der Waals surface area (Å²) >= 11 is 0. The Morgan fingerprint density at radius 1 is 1.36 bits per heavy atom. The standard InChI is InChI=1S/C11H23NO2/c1-7-9(12-8(2)3)10(13)14-11(4,5)6/h8-9,12H,7H2,1-6H3. The van der Waals surface area contributed by atoms with E-state index in [0.29, 0.717) is 6.04 Å². The summed E-state index contributed by atoms with van der Waals surface area (Å²) in [5.41, 5.74) is -0.400. The minimum Gasteiger partial charge on any atom is -0.459 e. The molecule has 0 saturated carbocycles. The molecule has 0 spiro atoms. The zero-order valence-electron chi connectivity index (χ0n) is 10.2. The second kappa shape index (κ2) is 5.35. The predicted molar refractivity (Wildman–Crippen MR) is 58.2 cm³/mol. The molecule has 0 aromatic carbocycles. The molecule has 84 valence electrons. The van der Waals surface area contributed by atoms with E-state index in [1.807, 2.05) is 41.5 Å². The summed E-state index contributed by atoms with van der Waals surface area (Å²) in [6.07, 6.45) is 0.757. The summed E-state index contributed by atoms with van der Waals surface area (Å²) in [7, 11) is 0. The van der Waals surface area contributed by atoms with E-state index in [1.54, 1.807) is 0 Å². The third-order valence-electron chi connectivity index (χ3n) is 1.63. The first-order chi connectivity index (χ1) is 6.26. The van der Waals surface area contributed by atoms with Gasteiger partial charge in [0.15, 0.2) is 0 Å². The number of rotatable bonds is 4. The van der Waals surface area contributed by atoms with Gasteiger partial charge in [-0.25, -0.2) is 0 Å². The lowest BCUT2D eigenvalue weighted by Gasteiger charge is -2.25. The molecule has 0 fully saturated rings. The quantitative estimate of drug-likeness (QED) is 0.708. The van der Waals surface area contributed by atoms with Crippen LogP contribution in [0.3, 0.4) is 0 Å². The maximum absolute atomic E-state index is 11.6. The normalized spacial score (nSPS) is 14.2. The van der Waals surface area contributed by atoms with Crippen molar-refractivity contribution in [2.45, 2.75) is 65.6 Å². The summed E-state index contributed by atoms with van der Waals surface area (Å²) in [6.45, 7) is 11.7. The summed E-state index contributed by atoms with van der Waals surface area (Å²) in [4.78, 5) is 11.6. The van der Waals surface area contributed by atoms with Gasteiger partial charge >= 0.3 is 5.97 Å². The Hall–Kier alpha value is -0.570. The number of ether oxygens (including phenoxy) is 1. The number of hydrogen-bond donors (Lipinski definition) is 1. The van der Waals surface area contributed by atoms with Crippen molar-refractivity contribution in [2.24, 2.45) is 0 Å². The highest BCUT2D eigenvalue weighted by molar-refractivity contribution is 5.76. The molecule has 3 nitrogen and oxygen atoms in total. The third-order valence-corrected chi connectivity index (χ3v) is 1.63. The second-order valence-electron chi connectivity index (χ2n) is 4.82. The molecule has 0 aliphatic heterocycles. The Morgan fingerprint density at radius 2 is 1.86 bits per heavy atom. The van der Waals surface area contributed by atoms with Gasteiger partial charge in [-0.2, -0.15) is 0 Å². The highest BCUT2D eigenvalue weighted by Crippen LogP contribution is 2.09. The van der Waals surface area contributed by atoms with Gasteiger partial charge in [0, 0.05) is 6.04 Å². The maximum atomic E-state index is 11.6. The van der Waals surface area contributed by atoms with Gasteiger partial charge in [0.05, 0.1) is 0 Å². The van der Waals surface area contributed by atoms with E-state index in [-0.39, 0.29) is 12.0 Å². The summed E-state index contributed by atoms with van der Waals surface area (Å²) in [6, 6.07) is 0.113. The SMILES string of the molecule is CCC(NC(C)C)C(=O)OC(C)(C)C. The number of hydrogen-bond acceptors (Lipinski definition) is 3. The fourth-order valence-electron chi connectivity index (χ4n) is 1.13. The fraction of sp³-hybridized carbons (Fsp3) is 0.909. The molecule has 0 amide bonds. The van der Waals surface area contributed by atoms with Crippen LogP contribution in [0.2, 0.25) is 0 Å². The Balaban J connectivity index is 4.18. The molecule has 0 bridgehead atoms. The third kappa shape index (κ3) is 5.97. The number of esters is 1. The van der Waals surface area contributed by atoms with Crippen molar-refractivity contribution in [3.63, 3.8) is 0 Å². The Morgan fingerprint density at radius 3 is 2.14 bits per heavy atom. The molecule has 1 unspecified atom stereocenters. The second-order valence-corrected chi connectivity index (χ2v) is 4.82. The van der Waals surface area contributed by atoms with Crippen LogP contribution in [0.25, 0.3) is 0 Å². The van der Waals surface area contributed by atoms with Crippen molar-refractivity contribution in [1.29, 1.82) is 0 Å². The van der Waals surface area contributed by atoms with Gasteiger partial charge in [0.1, 0.15) is 11.6 Å². The van der Waals surface area contributed by atoms with E-state index in [9.17, 15) is 4.79 Å². The van der Waals surface area contributed by atoms with E-state index in [0.717, 1.165) is 6.42 Å².